The molecule has 3 aromatic rings. The van der Waals surface area contributed by atoms with Crippen LogP contribution in [0.1, 0.15) is 0 Å². The second kappa shape index (κ2) is 3.81. The molecule has 0 amide bonds. The number of fused-ring (bicyclic) bond motifs is 1. The highest BCUT2D eigenvalue weighted by atomic mass is 79.9. The maximum atomic E-state index is 9.78. The summed E-state index contributed by atoms with van der Waals surface area (Å²) < 4.78 is 2.38. The van der Waals surface area contributed by atoms with Crippen molar-refractivity contribution in [2.24, 2.45) is 0 Å². The van der Waals surface area contributed by atoms with E-state index in [0.29, 0.717) is 16.9 Å². The summed E-state index contributed by atoms with van der Waals surface area (Å²) in [5.74, 6) is 0.166. The van der Waals surface area contributed by atoms with Crippen molar-refractivity contribution in [1.82, 2.24) is 19.8 Å². The van der Waals surface area contributed by atoms with Crippen LogP contribution in [-0.4, -0.2) is 24.9 Å². The average Bonchev–Trinajstić information content (AvgIpc) is 2.72. The summed E-state index contributed by atoms with van der Waals surface area (Å²) in [4.78, 5) is 4.24. The molecule has 0 fully saturated rings. The summed E-state index contributed by atoms with van der Waals surface area (Å²) in [6, 6.07) is 6.98. The molecular weight excluding hydrogens is 284 g/mol. The number of aromatic hydroxyl groups is 1. The van der Waals surface area contributed by atoms with E-state index in [1.165, 1.54) is 0 Å². The Hall–Kier alpha value is -1.95. The number of phenols is 1. The van der Waals surface area contributed by atoms with Crippen LogP contribution in [0.4, 0.5) is 0 Å². The Morgan fingerprint density at radius 1 is 1.24 bits per heavy atom. The lowest BCUT2D eigenvalue weighted by atomic mass is 10.1. The smallest absolute Gasteiger partial charge is 0.183 e. The predicted molar refractivity (Wildman–Crippen MR) is 65.6 cm³/mol. The lowest BCUT2D eigenvalue weighted by molar-refractivity contribution is 0.477. The van der Waals surface area contributed by atoms with E-state index in [9.17, 15) is 5.11 Å². The molecule has 0 spiro atoms. The van der Waals surface area contributed by atoms with Crippen molar-refractivity contribution in [1.29, 1.82) is 0 Å². The fourth-order valence-corrected chi connectivity index (χ4v) is 1.91. The van der Waals surface area contributed by atoms with Gasteiger partial charge in [-0.05, 0) is 28.1 Å². The van der Waals surface area contributed by atoms with E-state index < -0.39 is 0 Å². The summed E-state index contributed by atoms with van der Waals surface area (Å²) in [5.41, 5.74) is 1.79. The van der Waals surface area contributed by atoms with E-state index >= 15 is 0 Å². The van der Waals surface area contributed by atoms with Gasteiger partial charge >= 0.3 is 0 Å². The molecule has 2 aromatic heterocycles. The summed E-state index contributed by atoms with van der Waals surface area (Å²) in [6.07, 6.45) is 3.43. The molecule has 17 heavy (non-hydrogen) atoms. The van der Waals surface area contributed by atoms with E-state index in [1.807, 2.05) is 6.07 Å². The zero-order valence-electron chi connectivity index (χ0n) is 8.58. The zero-order chi connectivity index (χ0) is 11.8. The van der Waals surface area contributed by atoms with Crippen molar-refractivity contribution in [3.05, 3.63) is 41.1 Å². The largest absolute Gasteiger partial charge is 0.507 e. The highest BCUT2D eigenvalue weighted by Gasteiger charge is 2.13. The molecule has 0 unspecified atom stereocenters. The van der Waals surface area contributed by atoms with Gasteiger partial charge in [-0.3, -0.25) is 0 Å². The topological polar surface area (TPSA) is 63.3 Å². The first kappa shape index (κ1) is 10.2. The Bertz CT molecular complexity index is 695. The molecule has 0 atom stereocenters. The van der Waals surface area contributed by atoms with E-state index in [0.717, 1.165) is 4.47 Å². The summed E-state index contributed by atoms with van der Waals surface area (Å²) in [6.45, 7) is 0. The van der Waals surface area contributed by atoms with Crippen molar-refractivity contribution in [2.75, 3.05) is 0 Å². The van der Waals surface area contributed by atoms with Gasteiger partial charge in [0, 0.05) is 18.0 Å². The Kier molecular flexibility index (Phi) is 2.29. The van der Waals surface area contributed by atoms with Gasteiger partial charge in [-0.25, -0.2) is 9.50 Å². The fourth-order valence-electron chi connectivity index (χ4n) is 1.62. The number of para-hydroxylation sites is 1. The van der Waals surface area contributed by atoms with Crippen LogP contribution in [0.5, 0.6) is 5.75 Å². The normalized spacial score (nSPS) is 10.9. The van der Waals surface area contributed by atoms with Gasteiger partial charge in [0.15, 0.2) is 5.65 Å². The third-order valence-electron chi connectivity index (χ3n) is 2.38. The Morgan fingerprint density at radius 3 is 2.88 bits per heavy atom. The van der Waals surface area contributed by atoms with Gasteiger partial charge in [-0.15, -0.1) is 5.10 Å². The second-order valence-electron chi connectivity index (χ2n) is 3.50. The molecule has 0 bridgehead atoms. The van der Waals surface area contributed by atoms with Crippen molar-refractivity contribution < 1.29 is 5.11 Å². The summed E-state index contributed by atoms with van der Waals surface area (Å²) in [7, 11) is 0. The maximum absolute atomic E-state index is 9.78. The number of hydrogen-bond donors (Lipinski definition) is 1. The summed E-state index contributed by atoms with van der Waals surface area (Å²) >= 11 is 3.31. The number of rotatable bonds is 1. The standard InChI is InChI=1S/C11H7BrN4O/c12-7-5-13-11-10(14-15-16(11)6-7)8-3-1-2-4-9(8)17/h1-6,17H. The number of aromatic nitrogens is 4. The van der Waals surface area contributed by atoms with Crippen LogP contribution in [0.2, 0.25) is 0 Å². The summed E-state index contributed by atoms with van der Waals surface area (Å²) in [5, 5.41) is 17.8. The molecule has 1 aromatic carbocycles. The number of hydrogen-bond acceptors (Lipinski definition) is 4. The van der Waals surface area contributed by atoms with Gasteiger partial charge in [-0.1, -0.05) is 17.3 Å². The van der Waals surface area contributed by atoms with Gasteiger partial charge < -0.3 is 5.11 Å². The number of phenolic OH excluding ortho intramolecular Hbond substituents is 1. The average molecular weight is 291 g/mol. The number of benzene rings is 1. The van der Waals surface area contributed by atoms with Crippen molar-refractivity contribution in [3.63, 3.8) is 0 Å². The van der Waals surface area contributed by atoms with Gasteiger partial charge in [0.25, 0.3) is 0 Å². The highest BCUT2D eigenvalue weighted by Crippen LogP contribution is 2.29. The monoisotopic (exact) mass is 290 g/mol. The van der Waals surface area contributed by atoms with E-state index in [2.05, 4.69) is 31.2 Å². The minimum absolute atomic E-state index is 0.166. The van der Waals surface area contributed by atoms with E-state index in [-0.39, 0.29) is 5.75 Å². The Balaban J connectivity index is 2.29. The Morgan fingerprint density at radius 2 is 2.06 bits per heavy atom. The molecule has 2 heterocycles. The lowest BCUT2D eigenvalue weighted by Crippen LogP contribution is -1.89. The molecule has 0 saturated carbocycles. The molecule has 0 aliphatic rings. The van der Waals surface area contributed by atoms with Crippen LogP contribution in [0.25, 0.3) is 16.9 Å². The first-order valence-electron chi connectivity index (χ1n) is 4.90. The van der Waals surface area contributed by atoms with Crippen LogP contribution in [0.3, 0.4) is 0 Å². The van der Waals surface area contributed by atoms with Gasteiger partial charge in [0.05, 0.1) is 4.47 Å². The van der Waals surface area contributed by atoms with E-state index in [4.69, 9.17) is 0 Å². The van der Waals surface area contributed by atoms with Crippen LogP contribution >= 0.6 is 15.9 Å². The van der Waals surface area contributed by atoms with Crippen molar-refractivity contribution >= 4 is 21.6 Å². The van der Waals surface area contributed by atoms with Crippen LogP contribution in [0.15, 0.2) is 41.1 Å². The number of halogens is 1. The predicted octanol–water partition coefficient (Wildman–Crippen LogP) is 2.26. The van der Waals surface area contributed by atoms with Crippen molar-refractivity contribution in [2.45, 2.75) is 0 Å². The SMILES string of the molecule is Oc1ccccc1-c1nnn2cc(Br)cnc12. The molecule has 3 rings (SSSR count). The lowest BCUT2D eigenvalue weighted by Gasteiger charge is -1.99. The van der Waals surface area contributed by atoms with Gasteiger partial charge in [0.1, 0.15) is 11.4 Å². The van der Waals surface area contributed by atoms with Crippen molar-refractivity contribution in [3.8, 4) is 17.0 Å². The molecule has 0 aliphatic heterocycles. The first-order valence-corrected chi connectivity index (χ1v) is 5.70. The minimum atomic E-state index is 0.166. The molecule has 0 saturated heterocycles. The molecule has 84 valence electrons. The fraction of sp³-hybridized carbons (Fsp3) is 0. The molecular formula is C11H7BrN4O. The Labute approximate surface area is 105 Å². The molecule has 0 aliphatic carbocycles. The molecule has 0 radical (unpaired) electrons. The third kappa shape index (κ3) is 1.66. The quantitative estimate of drug-likeness (QED) is 0.747. The molecule has 5 nitrogen and oxygen atoms in total. The second-order valence-corrected chi connectivity index (χ2v) is 4.41. The van der Waals surface area contributed by atoms with Crippen LogP contribution < -0.4 is 0 Å². The molecule has 1 N–H and O–H groups in total. The number of nitrogens with zero attached hydrogens (tertiary/aromatic N) is 4. The van der Waals surface area contributed by atoms with Crippen LogP contribution in [0, 0.1) is 0 Å². The van der Waals surface area contributed by atoms with E-state index in [1.54, 1.807) is 35.1 Å². The third-order valence-corrected chi connectivity index (χ3v) is 2.79. The van der Waals surface area contributed by atoms with Gasteiger partial charge in [0.2, 0.25) is 0 Å². The van der Waals surface area contributed by atoms with Gasteiger partial charge in [-0.2, -0.15) is 0 Å². The van der Waals surface area contributed by atoms with Crippen LogP contribution in [-0.2, 0) is 0 Å². The molecule has 6 heteroatoms. The highest BCUT2D eigenvalue weighted by molar-refractivity contribution is 9.10. The first-order chi connectivity index (χ1) is 8.25. The maximum Gasteiger partial charge on any atom is 0.183 e. The minimum Gasteiger partial charge on any atom is -0.507 e. The zero-order valence-corrected chi connectivity index (χ0v) is 10.2.